The first kappa shape index (κ1) is 16.4. The van der Waals surface area contributed by atoms with Crippen molar-refractivity contribution in [2.75, 3.05) is 26.6 Å². The van der Waals surface area contributed by atoms with Crippen LogP contribution in [0.4, 0.5) is 5.69 Å². The molecule has 0 radical (unpaired) electrons. The van der Waals surface area contributed by atoms with E-state index in [1.54, 1.807) is 38.5 Å². The third kappa shape index (κ3) is 3.62. The van der Waals surface area contributed by atoms with Crippen molar-refractivity contribution in [1.82, 2.24) is 0 Å². The molecule has 2 aromatic carbocycles. The summed E-state index contributed by atoms with van der Waals surface area (Å²) in [5.74, 6) is 1.58. The van der Waals surface area contributed by atoms with E-state index in [-0.39, 0.29) is 5.91 Å². The van der Waals surface area contributed by atoms with E-state index in [9.17, 15) is 4.79 Å². The Morgan fingerprint density at radius 1 is 1.05 bits per heavy atom. The average Bonchev–Trinajstić information content (AvgIpc) is 2.54. The van der Waals surface area contributed by atoms with Crippen LogP contribution in [0.5, 0.6) is 17.2 Å². The van der Waals surface area contributed by atoms with E-state index in [1.165, 1.54) is 7.11 Å². The largest absolute Gasteiger partial charge is 0.497 e. The van der Waals surface area contributed by atoms with Crippen LogP contribution >= 0.6 is 22.6 Å². The fraction of sp³-hybridized carbons (Fsp3) is 0.188. The molecule has 1 N–H and O–H groups in total. The standard InChI is InChI=1S/C16H16INO4/c1-20-12-6-4-5-11(9-12)18-16(19)10-7-13(17)15(22-3)14(8-10)21-2/h4-9H,1-3H3,(H,18,19). The average molecular weight is 413 g/mol. The Labute approximate surface area is 142 Å². The molecule has 5 nitrogen and oxygen atoms in total. The third-order valence-electron chi connectivity index (χ3n) is 3.02. The van der Waals surface area contributed by atoms with E-state index >= 15 is 0 Å². The number of halogens is 1. The molecule has 0 saturated heterocycles. The van der Waals surface area contributed by atoms with Crippen LogP contribution in [0.25, 0.3) is 0 Å². The molecule has 1 amide bonds. The number of methoxy groups -OCH3 is 3. The Morgan fingerprint density at radius 2 is 1.82 bits per heavy atom. The first-order valence-electron chi connectivity index (χ1n) is 6.46. The van der Waals surface area contributed by atoms with E-state index in [0.29, 0.717) is 28.5 Å². The highest BCUT2D eigenvalue weighted by molar-refractivity contribution is 14.1. The maximum Gasteiger partial charge on any atom is 0.255 e. The highest BCUT2D eigenvalue weighted by Gasteiger charge is 2.15. The number of hydrogen-bond donors (Lipinski definition) is 1. The molecule has 0 aliphatic carbocycles. The molecule has 0 aromatic heterocycles. The maximum absolute atomic E-state index is 12.4. The molecule has 0 atom stereocenters. The van der Waals surface area contributed by atoms with Crippen LogP contribution in [0.2, 0.25) is 0 Å². The number of rotatable bonds is 5. The maximum atomic E-state index is 12.4. The molecule has 0 spiro atoms. The SMILES string of the molecule is COc1cccc(NC(=O)c2cc(I)c(OC)c(OC)c2)c1. The molecular weight excluding hydrogens is 397 g/mol. The van der Waals surface area contributed by atoms with Gasteiger partial charge >= 0.3 is 0 Å². The second-order valence-electron chi connectivity index (χ2n) is 4.38. The minimum Gasteiger partial charge on any atom is -0.497 e. The zero-order valence-corrected chi connectivity index (χ0v) is 14.6. The normalized spacial score (nSPS) is 10.0. The van der Waals surface area contributed by atoms with Crippen molar-refractivity contribution < 1.29 is 19.0 Å². The molecule has 2 rings (SSSR count). The monoisotopic (exact) mass is 413 g/mol. The molecule has 0 fully saturated rings. The molecule has 0 aliphatic heterocycles. The topological polar surface area (TPSA) is 56.8 Å². The Bertz CT molecular complexity index is 688. The van der Waals surface area contributed by atoms with Gasteiger partial charge in [0.15, 0.2) is 11.5 Å². The van der Waals surface area contributed by atoms with Gasteiger partial charge in [-0.15, -0.1) is 0 Å². The van der Waals surface area contributed by atoms with Gasteiger partial charge in [0.2, 0.25) is 0 Å². The van der Waals surface area contributed by atoms with Gasteiger partial charge in [0.05, 0.1) is 24.9 Å². The summed E-state index contributed by atoms with van der Waals surface area (Å²) in [6.45, 7) is 0. The van der Waals surface area contributed by atoms with Gasteiger partial charge < -0.3 is 19.5 Å². The first-order chi connectivity index (χ1) is 10.6. The molecular formula is C16H16INO4. The molecule has 0 saturated carbocycles. The number of benzene rings is 2. The Kier molecular flexibility index (Phi) is 5.48. The number of nitrogens with one attached hydrogen (secondary N) is 1. The number of anilines is 1. The summed E-state index contributed by atoms with van der Waals surface area (Å²) in [6.07, 6.45) is 0. The van der Waals surface area contributed by atoms with Gasteiger partial charge in [0.1, 0.15) is 5.75 Å². The highest BCUT2D eigenvalue weighted by Crippen LogP contribution is 2.33. The van der Waals surface area contributed by atoms with Crippen molar-refractivity contribution in [1.29, 1.82) is 0 Å². The Balaban J connectivity index is 2.27. The van der Waals surface area contributed by atoms with Crippen molar-refractivity contribution in [3.05, 3.63) is 45.5 Å². The van der Waals surface area contributed by atoms with Crippen LogP contribution in [-0.4, -0.2) is 27.2 Å². The second-order valence-corrected chi connectivity index (χ2v) is 5.54. The van der Waals surface area contributed by atoms with Crippen molar-refractivity contribution in [3.63, 3.8) is 0 Å². The van der Waals surface area contributed by atoms with Gasteiger partial charge in [0, 0.05) is 17.3 Å². The fourth-order valence-corrected chi connectivity index (χ4v) is 2.77. The van der Waals surface area contributed by atoms with Crippen LogP contribution in [-0.2, 0) is 0 Å². The molecule has 0 aliphatic rings. The zero-order valence-electron chi connectivity index (χ0n) is 12.5. The summed E-state index contributed by atoms with van der Waals surface area (Å²) in [4.78, 5) is 12.4. The van der Waals surface area contributed by atoms with E-state index in [0.717, 1.165) is 3.57 Å². The predicted molar refractivity (Wildman–Crippen MR) is 93.2 cm³/mol. The summed E-state index contributed by atoms with van der Waals surface area (Å²) >= 11 is 2.11. The molecule has 22 heavy (non-hydrogen) atoms. The van der Waals surface area contributed by atoms with Gasteiger partial charge in [-0.1, -0.05) is 6.07 Å². The van der Waals surface area contributed by atoms with Gasteiger partial charge in [-0.25, -0.2) is 0 Å². The van der Waals surface area contributed by atoms with Gasteiger partial charge in [-0.2, -0.15) is 0 Å². The molecule has 0 heterocycles. The number of carbonyl (C=O) groups excluding carboxylic acids is 1. The number of amides is 1. The van der Waals surface area contributed by atoms with Crippen molar-refractivity contribution in [3.8, 4) is 17.2 Å². The smallest absolute Gasteiger partial charge is 0.255 e. The van der Waals surface area contributed by atoms with E-state index in [4.69, 9.17) is 14.2 Å². The zero-order chi connectivity index (χ0) is 16.1. The second kappa shape index (κ2) is 7.35. The van der Waals surface area contributed by atoms with Crippen LogP contribution in [0.1, 0.15) is 10.4 Å². The molecule has 0 unspecified atom stereocenters. The van der Waals surface area contributed by atoms with Crippen molar-refractivity contribution in [2.24, 2.45) is 0 Å². The van der Waals surface area contributed by atoms with E-state index in [2.05, 4.69) is 27.9 Å². The van der Waals surface area contributed by atoms with Crippen LogP contribution in [0, 0.1) is 3.57 Å². The summed E-state index contributed by atoms with van der Waals surface area (Å²) in [7, 11) is 4.69. The Morgan fingerprint density at radius 3 is 2.45 bits per heavy atom. The molecule has 6 heteroatoms. The quantitative estimate of drug-likeness (QED) is 0.762. The van der Waals surface area contributed by atoms with E-state index < -0.39 is 0 Å². The number of hydrogen-bond acceptors (Lipinski definition) is 4. The van der Waals surface area contributed by atoms with Gasteiger partial charge in [-0.3, -0.25) is 4.79 Å². The lowest BCUT2D eigenvalue weighted by atomic mass is 10.2. The lowest BCUT2D eigenvalue weighted by Gasteiger charge is -2.12. The molecule has 2 aromatic rings. The fourth-order valence-electron chi connectivity index (χ4n) is 1.95. The minimum atomic E-state index is -0.230. The summed E-state index contributed by atoms with van der Waals surface area (Å²) in [5.41, 5.74) is 1.15. The number of carbonyl (C=O) groups is 1. The highest BCUT2D eigenvalue weighted by atomic mass is 127. The summed E-state index contributed by atoms with van der Waals surface area (Å²) in [5, 5.41) is 2.83. The predicted octanol–water partition coefficient (Wildman–Crippen LogP) is 3.57. The van der Waals surface area contributed by atoms with Crippen LogP contribution < -0.4 is 19.5 Å². The van der Waals surface area contributed by atoms with Crippen LogP contribution in [0.15, 0.2) is 36.4 Å². The van der Waals surface area contributed by atoms with E-state index in [1.807, 2.05) is 12.1 Å². The minimum absolute atomic E-state index is 0.230. The van der Waals surface area contributed by atoms with Crippen molar-refractivity contribution >= 4 is 34.2 Å². The Hall–Kier alpha value is -1.96. The molecule has 0 bridgehead atoms. The van der Waals surface area contributed by atoms with Crippen LogP contribution in [0.3, 0.4) is 0 Å². The van der Waals surface area contributed by atoms with Crippen molar-refractivity contribution in [2.45, 2.75) is 0 Å². The third-order valence-corrected chi connectivity index (χ3v) is 3.82. The van der Waals surface area contributed by atoms with Gasteiger partial charge in [0.25, 0.3) is 5.91 Å². The lowest BCUT2D eigenvalue weighted by Crippen LogP contribution is -2.12. The van der Waals surface area contributed by atoms with Gasteiger partial charge in [-0.05, 0) is 46.9 Å². The summed E-state index contributed by atoms with van der Waals surface area (Å²) < 4.78 is 16.5. The first-order valence-corrected chi connectivity index (χ1v) is 7.54. The summed E-state index contributed by atoms with van der Waals surface area (Å²) in [6, 6.07) is 10.6. The lowest BCUT2D eigenvalue weighted by molar-refractivity contribution is 0.102. The molecule has 116 valence electrons. The number of ether oxygens (including phenoxy) is 3.